The summed E-state index contributed by atoms with van der Waals surface area (Å²) in [5, 5.41) is 4.27. The summed E-state index contributed by atoms with van der Waals surface area (Å²) >= 11 is 0. The summed E-state index contributed by atoms with van der Waals surface area (Å²) in [4.78, 5) is 0. The minimum absolute atomic E-state index is 0.213. The lowest BCUT2D eigenvalue weighted by molar-refractivity contribution is 0.625. The fraction of sp³-hybridized carbons (Fsp3) is 0.182. The SMILES string of the molecule is Cc1ccn(-c2ccc(F)cc2C)n1. The molecule has 0 atom stereocenters. The van der Waals surface area contributed by atoms with Gasteiger partial charge >= 0.3 is 0 Å². The average Bonchev–Trinajstić information content (AvgIpc) is 2.51. The predicted molar refractivity (Wildman–Crippen MR) is 53.0 cm³/mol. The lowest BCUT2D eigenvalue weighted by atomic mass is 10.2. The standard InChI is InChI=1S/C11H11FN2/c1-8-7-10(12)3-4-11(8)14-6-5-9(2)13-14/h3-7H,1-2H3. The number of halogens is 1. The largest absolute Gasteiger partial charge is 0.240 e. The van der Waals surface area contributed by atoms with Gasteiger partial charge in [-0.05, 0) is 43.7 Å². The number of aromatic nitrogens is 2. The Morgan fingerprint density at radius 2 is 2.00 bits per heavy atom. The van der Waals surface area contributed by atoms with Gasteiger partial charge in [0.25, 0.3) is 0 Å². The molecule has 14 heavy (non-hydrogen) atoms. The molecule has 1 aromatic heterocycles. The van der Waals surface area contributed by atoms with Gasteiger partial charge in [-0.15, -0.1) is 0 Å². The third-order valence-corrected chi connectivity index (χ3v) is 2.13. The van der Waals surface area contributed by atoms with E-state index in [4.69, 9.17) is 0 Å². The van der Waals surface area contributed by atoms with Gasteiger partial charge in [0.2, 0.25) is 0 Å². The van der Waals surface area contributed by atoms with Crippen LogP contribution in [-0.2, 0) is 0 Å². The van der Waals surface area contributed by atoms with Crippen molar-refractivity contribution in [2.75, 3.05) is 0 Å². The zero-order valence-corrected chi connectivity index (χ0v) is 8.16. The molecule has 0 aliphatic heterocycles. The number of hydrogen-bond acceptors (Lipinski definition) is 1. The third kappa shape index (κ3) is 1.53. The highest BCUT2D eigenvalue weighted by atomic mass is 19.1. The number of hydrogen-bond donors (Lipinski definition) is 0. The van der Waals surface area contributed by atoms with E-state index in [0.717, 1.165) is 16.9 Å². The molecule has 2 rings (SSSR count). The number of nitrogens with zero attached hydrogens (tertiary/aromatic N) is 2. The van der Waals surface area contributed by atoms with Gasteiger partial charge in [-0.3, -0.25) is 0 Å². The smallest absolute Gasteiger partial charge is 0.123 e. The molecule has 2 aromatic rings. The van der Waals surface area contributed by atoms with E-state index >= 15 is 0 Å². The Morgan fingerprint density at radius 3 is 2.57 bits per heavy atom. The third-order valence-electron chi connectivity index (χ3n) is 2.13. The summed E-state index contributed by atoms with van der Waals surface area (Å²) in [6.07, 6.45) is 1.87. The fourth-order valence-corrected chi connectivity index (χ4v) is 1.43. The van der Waals surface area contributed by atoms with Gasteiger partial charge in [0, 0.05) is 6.20 Å². The van der Waals surface area contributed by atoms with E-state index in [1.807, 2.05) is 26.1 Å². The highest BCUT2D eigenvalue weighted by molar-refractivity contribution is 5.39. The molecule has 0 radical (unpaired) electrons. The van der Waals surface area contributed by atoms with Crippen LogP contribution >= 0.6 is 0 Å². The van der Waals surface area contributed by atoms with E-state index in [-0.39, 0.29) is 5.82 Å². The molecule has 0 unspecified atom stereocenters. The monoisotopic (exact) mass is 190 g/mol. The van der Waals surface area contributed by atoms with Gasteiger partial charge in [-0.25, -0.2) is 9.07 Å². The highest BCUT2D eigenvalue weighted by Crippen LogP contribution is 2.14. The summed E-state index contributed by atoms with van der Waals surface area (Å²) in [7, 11) is 0. The van der Waals surface area contributed by atoms with Crippen LogP contribution in [0.5, 0.6) is 0 Å². The summed E-state index contributed by atoms with van der Waals surface area (Å²) < 4.78 is 14.6. The molecule has 0 aliphatic rings. The topological polar surface area (TPSA) is 17.8 Å². The second kappa shape index (κ2) is 3.25. The van der Waals surface area contributed by atoms with E-state index in [1.165, 1.54) is 12.1 Å². The maximum absolute atomic E-state index is 12.8. The zero-order chi connectivity index (χ0) is 10.1. The zero-order valence-electron chi connectivity index (χ0n) is 8.16. The Balaban J connectivity index is 2.52. The fourth-order valence-electron chi connectivity index (χ4n) is 1.43. The molecule has 3 heteroatoms. The lowest BCUT2D eigenvalue weighted by Gasteiger charge is -2.05. The van der Waals surface area contributed by atoms with Crippen LogP contribution in [0.25, 0.3) is 5.69 Å². The second-order valence-corrected chi connectivity index (χ2v) is 3.33. The first-order valence-electron chi connectivity index (χ1n) is 4.45. The molecule has 1 aromatic carbocycles. The Hall–Kier alpha value is -1.64. The molecule has 0 spiro atoms. The Bertz CT molecular complexity index is 460. The quantitative estimate of drug-likeness (QED) is 0.676. The lowest BCUT2D eigenvalue weighted by Crippen LogP contribution is -1.98. The van der Waals surface area contributed by atoms with E-state index in [1.54, 1.807) is 10.7 Å². The van der Waals surface area contributed by atoms with Crippen molar-refractivity contribution in [2.45, 2.75) is 13.8 Å². The Kier molecular flexibility index (Phi) is 2.08. The highest BCUT2D eigenvalue weighted by Gasteiger charge is 2.02. The first-order valence-corrected chi connectivity index (χ1v) is 4.45. The number of benzene rings is 1. The maximum Gasteiger partial charge on any atom is 0.123 e. The molecular weight excluding hydrogens is 179 g/mol. The van der Waals surface area contributed by atoms with E-state index < -0.39 is 0 Å². The summed E-state index contributed by atoms with van der Waals surface area (Å²) in [6, 6.07) is 6.60. The van der Waals surface area contributed by atoms with Crippen LogP contribution in [0.1, 0.15) is 11.3 Å². The molecule has 0 aliphatic carbocycles. The van der Waals surface area contributed by atoms with E-state index in [0.29, 0.717) is 0 Å². The first-order chi connectivity index (χ1) is 6.66. The second-order valence-electron chi connectivity index (χ2n) is 3.33. The molecule has 0 fully saturated rings. The van der Waals surface area contributed by atoms with E-state index in [9.17, 15) is 4.39 Å². The van der Waals surface area contributed by atoms with Gasteiger partial charge in [0.15, 0.2) is 0 Å². The molecule has 2 nitrogen and oxygen atoms in total. The van der Waals surface area contributed by atoms with E-state index in [2.05, 4.69) is 5.10 Å². The molecule has 0 saturated carbocycles. The van der Waals surface area contributed by atoms with Crippen molar-refractivity contribution in [3.8, 4) is 5.69 Å². The minimum atomic E-state index is -0.213. The van der Waals surface area contributed by atoms with Crippen LogP contribution in [0.2, 0.25) is 0 Å². The van der Waals surface area contributed by atoms with Crippen LogP contribution in [0, 0.1) is 19.7 Å². The molecule has 72 valence electrons. The van der Waals surface area contributed by atoms with Crippen molar-refractivity contribution in [3.05, 3.63) is 47.5 Å². The van der Waals surface area contributed by atoms with Crippen molar-refractivity contribution >= 4 is 0 Å². The number of aryl methyl sites for hydroxylation is 2. The van der Waals surface area contributed by atoms with Gasteiger partial charge in [0.05, 0.1) is 11.4 Å². The van der Waals surface area contributed by atoms with Crippen LogP contribution < -0.4 is 0 Å². The molecule has 0 amide bonds. The number of rotatable bonds is 1. The van der Waals surface area contributed by atoms with Gasteiger partial charge in [-0.2, -0.15) is 5.10 Å². The molecule has 0 bridgehead atoms. The van der Waals surface area contributed by atoms with Gasteiger partial charge in [-0.1, -0.05) is 0 Å². The molecule has 0 N–H and O–H groups in total. The normalized spacial score (nSPS) is 10.5. The van der Waals surface area contributed by atoms with Crippen molar-refractivity contribution in [1.29, 1.82) is 0 Å². The summed E-state index contributed by atoms with van der Waals surface area (Å²) in [5.41, 5.74) is 2.75. The molecule has 0 saturated heterocycles. The van der Waals surface area contributed by atoms with Gasteiger partial charge < -0.3 is 0 Å². The first kappa shape index (κ1) is 8.94. The minimum Gasteiger partial charge on any atom is -0.240 e. The van der Waals surface area contributed by atoms with Crippen molar-refractivity contribution in [3.63, 3.8) is 0 Å². The van der Waals surface area contributed by atoms with Crippen LogP contribution in [-0.4, -0.2) is 9.78 Å². The van der Waals surface area contributed by atoms with Crippen LogP contribution in [0.4, 0.5) is 4.39 Å². The Labute approximate surface area is 82.0 Å². The van der Waals surface area contributed by atoms with Crippen molar-refractivity contribution in [1.82, 2.24) is 9.78 Å². The van der Waals surface area contributed by atoms with Crippen LogP contribution in [0.15, 0.2) is 30.5 Å². The average molecular weight is 190 g/mol. The summed E-state index contributed by atoms with van der Waals surface area (Å²) in [6.45, 7) is 3.80. The maximum atomic E-state index is 12.8. The van der Waals surface area contributed by atoms with Crippen LogP contribution in [0.3, 0.4) is 0 Å². The predicted octanol–water partition coefficient (Wildman–Crippen LogP) is 2.63. The molecule has 1 heterocycles. The van der Waals surface area contributed by atoms with Crippen molar-refractivity contribution in [2.24, 2.45) is 0 Å². The summed E-state index contributed by atoms with van der Waals surface area (Å²) in [5.74, 6) is -0.213. The van der Waals surface area contributed by atoms with Crippen molar-refractivity contribution < 1.29 is 4.39 Å². The van der Waals surface area contributed by atoms with Gasteiger partial charge in [0.1, 0.15) is 5.82 Å². The molecular formula is C11H11FN2. The Morgan fingerprint density at radius 1 is 1.21 bits per heavy atom.